The predicted molar refractivity (Wildman–Crippen MR) is 67.2 cm³/mol. The molecule has 15 heavy (non-hydrogen) atoms. The number of rotatable bonds is 4. The van der Waals surface area contributed by atoms with Crippen molar-refractivity contribution < 1.29 is 0 Å². The molecule has 0 saturated carbocycles. The van der Waals surface area contributed by atoms with Gasteiger partial charge in [0, 0.05) is 16.2 Å². The second-order valence-electron chi connectivity index (χ2n) is 4.00. The number of fused-ring (bicyclic) bond motifs is 1. The van der Waals surface area contributed by atoms with Gasteiger partial charge in [0.05, 0.1) is 0 Å². The number of benzene rings is 1. The minimum absolute atomic E-state index is 0.292. The number of hydrogen-bond donors (Lipinski definition) is 1. The molecule has 0 aromatic heterocycles. The molecular weight excluding hydrogens is 202 g/mol. The Hall–Kier alpha value is -0.730. The lowest BCUT2D eigenvalue weighted by Crippen LogP contribution is -2.31. The minimum atomic E-state index is 0.292. The van der Waals surface area contributed by atoms with E-state index in [-0.39, 0.29) is 0 Å². The normalized spacial score (nSPS) is 21.0. The highest BCUT2D eigenvalue weighted by atomic mass is 32.2. The summed E-state index contributed by atoms with van der Waals surface area (Å²) >= 11 is 1.94. The fraction of sp³-hybridized carbons (Fsp3) is 0.385. The van der Waals surface area contributed by atoms with Crippen molar-refractivity contribution in [2.75, 3.05) is 0 Å². The molecule has 0 amide bonds. The van der Waals surface area contributed by atoms with Crippen LogP contribution in [0.3, 0.4) is 0 Å². The molecule has 2 N–H and O–H groups in total. The van der Waals surface area contributed by atoms with Gasteiger partial charge in [0.25, 0.3) is 0 Å². The molecule has 2 rings (SSSR count). The van der Waals surface area contributed by atoms with Crippen LogP contribution in [0.1, 0.15) is 18.4 Å². The third kappa shape index (κ3) is 2.44. The van der Waals surface area contributed by atoms with E-state index in [0.717, 1.165) is 19.3 Å². The van der Waals surface area contributed by atoms with Crippen molar-refractivity contribution in [1.29, 1.82) is 0 Å². The van der Waals surface area contributed by atoms with Crippen LogP contribution in [0.2, 0.25) is 0 Å². The van der Waals surface area contributed by atoms with E-state index in [2.05, 4.69) is 30.8 Å². The van der Waals surface area contributed by atoms with E-state index in [9.17, 15) is 0 Å². The molecule has 1 aromatic carbocycles. The van der Waals surface area contributed by atoms with E-state index in [1.165, 1.54) is 10.5 Å². The Kier molecular flexibility index (Phi) is 3.49. The van der Waals surface area contributed by atoms with Crippen LogP contribution >= 0.6 is 11.8 Å². The molecule has 0 bridgehead atoms. The number of thioether (sulfide) groups is 1. The van der Waals surface area contributed by atoms with Crippen molar-refractivity contribution in [2.24, 2.45) is 5.73 Å². The van der Waals surface area contributed by atoms with E-state index >= 15 is 0 Å². The van der Waals surface area contributed by atoms with E-state index in [0.29, 0.717) is 11.3 Å². The second-order valence-corrected chi connectivity index (χ2v) is 5.28. The molecular formula is C13H17NS. The summed E-state index contributed by atoms with van der Waals surface area (Å²) in [4.78, 5) is 1.41. The Balaban J connectivity index is 1.97. The van der Waals surface area contributed by atoms with Crippen molar-refractivity contribution in [3.05, 3.63) is 42.5 Å². The van der Waals surface area contributed by atoms with Crippen LogP contribution in [0.25, 0.3) is 0 Å². The number of allylic oxidation sites excluding steroid dienone is 1. The monoisotopic (exact) mass is 219 g/mol. The fourth-order valence-electron chi connectivity index (χ4n) is 1.94. The van der Waals surface area contributed by atoms with Crippen LogP contribution in [-0.2, 0) is 6.42 Å². The van der Waals surface area contributed by atoms with Gasteiger partial charge in [-0.15, -0.1) is 18.3 Å². The molecule has 0 aliphatic carbocycles. The topological polar surface area (TPSA) is 26.0 Å². The average Bonchev–Trinajstić information content (AvgIpc) is 2.69. The van der Waals surface area contributed by atoms with Gasteiger partial charge in [0.2, 0.25) is 0 Å². The lowest BCUT2D eigenvalue weighted by atomic mass is 10.0. The van der Waals surface area contributed by atoms with Gasteiger partial charge in [-0.05, 0) is 30.9 Å². The van der Waals surface area contributed by atoms with Gasteiger partial charge in [-0.3, -0.25) is 0 Å². The SMILES string of the molecule is C=CCCC(N)C1Cc2ccccc2S1. The summed E-state index contributed by atoms with van der Waals surface area (Å²) in [5.41, 5.74) is 7.64. The van der Waals surface area contributed by atoms with Crippen molar-refractivity contribution in [2.45, 2.75) is 35.4 Å². The highest BCUT2D eigenvalue weighted by molar-refractivity contribution is 8.00. The number of hydrogen-bond acceptors (Lipinski definition) is 2. The molecule has 0 radical (unpaired) electrons. The lowest BCUT2D eigenvalue weighted by molar-refractivity contribution is 0.593. The van der Waals surface area contributed by atoms with Crippen molar-refractivity contribution in [3.63, 3.8) is 0 Å². The molecule has 0 spiro atoms. The first kappa shape index (κ1) is 10.8. The quantitative estimate of drug-likeness (QED) is 0.788. The van der Waals surface area contributed by atoms with Crippen LogP contribution < -0.4 is 5.73 Å². The summed E-state index contributed by atoms with van der Waals surface area (Å²) in [5.74, 6) is 0. The van der Waals surface area contributed by atoms with Crippen LogP contribution in [0.15, 0.2) is 41.8 Å². The minimum Gasteiger partial charge on any atom is -0.327 e. The van der Waals surface area contributed by atoms with E-state index < -0.39 is 0 Å². The molecule has 1 aromatic rings. The highest BCUT2D eigenvalue weighted by Crippen LogP contribution is 2.38. The Morgan fingerprint density at radius 1 is 1.53 bits per heavy atom. The van der Waals surface area contributed by atoms with Gasteiger partial charge in [0.15, 0.2) is 0 Å². The fourth-order valence-corrected chi connectivity index (χ4v) is 3.30. The first-order valence-electron chi connectivity index (χ1n) is 5.42. The average molecular weight is 219 g/mol. The third-order valence-electron chi connectivity index (χ3n) is 2.85. The van der Waals surface area contributed by atoms with E-state index in [1.54, 1.807) is 0 Å². The number of nitrogens with two attached hydrogens (primary N) is 1. The zero-order chi connectivity index (χ0) is 10.7. The molecule has 80 valence electrons. The smallest absolute Gasteiger partial charge is 0.0287 e. The van der Waals surface area contributed by atoms with Gasteiger partial charge in [-0.25, -0.2) is 0 Å². The lowest BCUT2D eigenvalue weighted by Gasteiger charge is -2.16. The molecule has 2 atom stereocenters. The van der Waals surface area contributed by atoms with Crippen LogP contribution in [0.5, 0.6) is 0 Å². The van der Waals surface area contributed by atoms with Crippen LogP contribution in [0.4, 0.5) is 0 Å². The Morgan fingerprint density at radius 3 is 3.07 bits per heavy atom. The summed E-state index contributed by atoms with van der Waals surface area (Å²) < 4.78 is 0. The van der Waals surface area contributed by atoms with Crippen molar-refractivity contribution in [1.82, 2.24) is 0 Å². The Labute approximate surface area is 95.8 Å². The molecule has 0 fully saturated rings. The molecule has 1 heterocycles. The van der Waals surface area contributed by atoms with Gasteiger partial charge in [0.1, 0.15) is 0 Å². The van der Waals surface area contributed by atoms with Crippen LogP contribution in [0, 0.1) is 0 Å². The molecule has 0 saturated heterocycles. The Bertz CT molecular complexity index is 323. The first-order chi connectivity index (χ1) is 7.31. The standard InChI is InChI=1S/C13H17NS/c1-2-3-7-11(14)13-9-10-6-4-5-8-12(10)15-13/h2,4-6,8,11,13H,1,3,7,9,14H2. The first-order valence-corrected chi connectivity index (χ1v) is 6.30. The van der Waals surface area contributed by atoms with Crippen molar-refractivity contribution >= 4 is 11.8 Å². The van der Waals surface area contributed by atoms with Crippen molar-refractivity contribution in [3.8, 4) is 0 Å². The zero-order valence-corrected chi connectivity index (χ0v) is 9.67. The molecule has 2 heteroatoms. The zero-order valence-electron chi connectivity index (χ0n) is 8.86. The maximum atomic E-state index is 6.18. The van der Waals surface area contributed by atoms with Gasteiger partial charge >= 0.3 is 0 Å². The summed E-state index contributed by atoms with van der Waals surface area (Å²) in [6.07, 6.45) is 5.15. The maximum Gasteiger partial charge on any atom is 0.0287 e. The second kappa shape index (κ2) is 4.86. The predicted octanol–water partition coefficient (Wildman–Crippen LogP) is 3.00. The highest BCUT2D eigenvalue weighted by Gasteiger charge is 2.26. The third-order valence-corrected chi connectivity index (χ3v) is 4.32. The van der Waals surface area contributed by atoms with E-state index in [1.807, 2.05) is 17.8 Å². The summed E-state index contributed by atoms with van der Waals surface area (Å²) in [6, 6.07) is 8.91. The van der Waals surface area contributed by atoms with Gasteiger partial charge in [-0.1, -0.05) is 24.3 Å². The van der Waals surface area contributed by atoms with Crippen LogP contribution in [-0.4, -0.2) is 11.3 Å². The molecule has 1 aliphatic rings. The largest absolute Gasteiger partial charge is 0.327 e. The molecule has 2 unspecified atom stereocenters. The van der Waals surface area contributed by atoms with Gasteiger partial charge in [-0.2, -0.15) is 0 Å². The van der Waals surface area contributed by atoms with Gasteiger partial charge < -0.3 is 5.73 Å². The molecule has 1 nitrogen and oxygen atoms in total. The molecule has 1 aliphatic heterocycles. The Morgan fingerprint density at radius 2 is 2.33 bits per heavy atom. The summed E-state index contributed by atoms with van der Waals surface area (Å²) in [6.45, 7) is 3.74. The summed E-state index contributed by atoms with van der Waals surface area (Å²) in [7, 11) is 0. The summed E-state index contributed by atoms with van der Waals surface area (Å²) in [5, 5.41) is 0.558. The maximum absolute atomic E-state index is 6.18. The van der Waals surface area contributed by atoms with E-state index in [4.69, 9.17) is 5.73 Å².